The third-order valence-electron chi connectivity index (χ3n) is 7.70. The van der Waals surface area contributed by atoms with Crippen molar-refractivity contribution >= 4 is 11.8 Å². The highest BCUT2D eigenvalue weighted by Crippen LogP contribution is 2.38. The van der Waals surface area contributed by atoms with Crippen molar-refractivity contribution in [3.05, 3.63) is 59.7 Å². The number of fused-ring (bicyclic) bond motifs is 1. The van der Waals surface area contributed by atoms with Crippen LogP contribution in [0.5, 0.6) is 34.5 Å². The van der Waals surface area contributed by atoms with Crippen LogP contribution in [-0.4, -0.2) is 114 Å². The van der Waals surface area contributed by atoms with E-state index >= 15 is 0 Å². The van der Waals surface area contributed by atoms with E-state index in [2.05, 4.69) is 28.6 Å². The van der Waals surface area contributed by atoms with Gasteiger partial charge in [0.05, 0.1) is 42.7 Å². The number of piperazine rings is 2. The Morgan fingerprint density at radius 3 is 1.30 bits per heavy atom. The predicted octanol–water partition coefficient (Wildman–Crippen LogP) is 2.61. The summed E-state index contributed by atoms with van der Waals surface area (Å²) in [6.07, 6.45) is 6.03. The molecule has 0 unspecified atom stereocenters. The molecule has 46 heavy (non-hydrogen) atoms. The highest BCUT2D eigenvalue weighted by molar-refractivity contribution is 5.89. The first-order chi connectivity index (χ1) is 22.3. The summed E-state index contributed by atoms with van der Waals surface area (Å²) in [5.41, 5.74) is 1.32. The third-order valence-corrected chi connectivity index (χ3v) is 7.70. The number of carbonyl (C=O) groups is 2. The Labute approximate surface area is 270 Å². The van der Waals surface area contributed by atoms with Gasteiger partial charge < -0.3 is 38.2 Å². The minimum absolute atomic E-state index is 0.0489. The summed E-state index contributed by atoms with van der Waals surface area (Å²) in [7, 11) is 9.25. The van der Waals surface area contributed by atoms with Crippen LogP contribution in [0.1, 0.15) is 11.1 Å². The second kappa shape index (κ2) is 16.2. The van der Waals surface area contributed by atoms with Crippen LogP contribution >= 0.6 is 0 Å². The molecule has 0 bridgehead atoms. The summed E-state index contributed by atoms with van der Waals surface area (Å²) < 4.78 is 32.2. The van der Waals surface area contributed by atoms with Crippen molar-refractivity contribution in [1.82, 2.24) is 14.7 Å². The largest absolute Gasteiger partial charge is 0.493 e. The molecule has 11 nitrogen and oxygen atoms in total. The lowest BCUT2D eigenvalue weighted by Gasteiger charge is -2.46. The van der Waals surface area contributed by atoms with E-state index in [1.807, 2.05) is 0 Å². The van der Waals surface area contributed by atoms with Gasteiger partial charge in [-0.2, -0.15) is 0 Å². The molecule has 2 aromatic rings. The highest BCUT2D eigenvalue weighted by Gasteiger charge is 2.34. The lowest BCUT2D eigenvalue weighted by atomic mass is 10.1. The number of hydrogen-bond donors (Lipinski definition) is 0. The van der Waals surface area contributed by atoms with Gasteiger partial charge in [-0.05, 0) is 36.4 Å². The third kappa shape index (κ3) is 8.06. The molecular weight excluding hydrogens is 590 g/mol. The fraction of sp³-hybridized carbons (Fsp3) is 0.371. The van der Waals surface area contributed by atoms with Crippen LogP contribution in [0.15, 0.2) is 48.6 Å². The molecule has 0 N–H and O–H groups in total. The summed E-state index contributed by atoms with van der Waals surface area (Å²) in [6.45, 7) is 3.78. The summed E-state index contributed by atoms with van der Waals surface area (Å²) in [5, 5.41) is 0. The Balaban J connectivity index is 1.33. The van der Waals surface area contributed by atoms with Crippen molar-refractivity contribution in [2.75, 3.05) is 81.9 Å². The minimum atomic E-state index is -0.121. The van der Waals surface area contributed by atoms with Gasteiger partial charge in [0, 0.05) is 68.6 Å². The van der Waals surface area contributed by atoms with Gasteiger partial charge in [-0.25, -0.2) is 0 Å². The van der Waals surface area contributed by atoms with Crippen LogP contribution in [0.25, 0.3) is 0 Å². The van der Waals surface area contributed by atoms with E-state index in [0.717, 1.165) is 13.1 Å². The van der Waals surface area contributed by atoms with E-state index in [4.69, 9.17) is 28.4 Å². The Bertz CT molecular complexity index is 1440. The molecule has 2 heterocycles. The molecular formula is C35H39N3O8. The van der Waals surface area contributed by atoms with Crippen LogP contribution in [0.4, 0.5) is 0 Å². The monoisotopic (exact) mass is 629 g/mol. The average Bonchev–Trinajstić information content (AvgIpc) is 3.09. The van der Waals surface area contributed by atoms with Gasteiger partial charge in [-0.1, -0.05) is 23.7 Å². The lowest BCUT2D eigenvalue weighted by Crippen LogP contribution is -2.63. The molecule has 2 amide bonds. The first-order valence-corrected chi connectivity index (χ1v) is 14.6. The van der Waals surface area contributed by atoms with Gasteiger partial charge in [-0.15, -0.1) is 0 Å². The Morgan fingerprint density at radius 1 is 0.609 bits per heavy atom. The van der Waals surface area contributed by atoms with E-state index in [1.54, 1.807) is 74.7 Å². The number of carbonyl (C=O) groups excluding carboxylic acids is 2. The molecule has 2 aromatic carbocycles. The van der Waals surface area contributed by atoms with Gasteiger partial charge in [0.25, 0.3) is 0 Å². The predicted molar refractivity (Wildman–Crippen MR) is 173 cm³/mol. The maximum atomic E-state index is 13.0. The van der Waals surface area contributed by atoms with Crippen LogP contribution in [0, 0.1) is 23.7 Å². The molecule has 0 radical (unpaired) electrons. The first kappa shape index (κ1) is 33.6. The van der Waals surface area contributed by atoms with Gasteiger partial charge >= 0.3 is 0 Å². The zero-order valence-corrected chi connectivity index (χ0v) is 27.0. The van der Waals surface area contributed by atoms with Crippen molar-refractivity contribution in [2.45, 2.75) is 6.04 Å². The Morgan fingerprint density at radius 2 is 0.978 bits per heavy atom. The number of nitrogens with zero attached hydrogens (tertiary/aromatic N) is 3. The van der Waals surface area contributed by atoms with E-state index in [9.17, 15) is 9.59 Å². The Hall–Kier alpha value is -5.26. The quantitative estimate of drug-likeness (QED) is 0.323. The van der Waals surface area contributed by atoms with Crippen LogP contribution < -0.4 is 28.4 Å². The van der Waals surface area contributed by atoms with Crippen molar-refractivity contribution in [1.29, 1.82) is 0 Å². The standard InChI is InChI=1S/C35H39N3O8/c1-41-28-19-25(20-29(42-2)34(28)45-5)11-7-9-13-32(39)37-17-15-36-16-18-38(24-27(36)23-37)33(40)14-10-8-12-26-21-30(43-3)35(46-6)31(22-26)44-4/h9-10,13-14,19-22,27H,15-18,23-24H2,1-6H3/b13-9+,14-10+. The maximum absolute atomic E-state index is 13.0. The summed E-state index contributed by atoms with van der Waals surface area (Å²) in [5.74, 6) is 14.6. The summed E-state index contributed by atoms with van der Waals surface area (Å²) >= 11 is 0. The molecule has 2 aliphatic heterocycles. The van der Waals surface area contributed by atoms with Gasteiger partial charge in [-0.3, -0.25) is 14.5 Å². The highest BCUT2D eigenvalue weighted by atomic mass is 16.5. The lowest BCUT2D eigenvalue weighted by molar-refractivity contribution is -0.133. The number of methoxy groups -OCH3 is 6. The van der Waals surface area contributed by atoms with Crippen molar-refractivity contribution in [3.8, 4) is 58.2 Å². The van der Waals surface area contributed by atoms with E-state index in [0.29, 0.717) is 71.8 Å². The molecule has 0 aliphatic carbocycles. The zero-order valence-electron chi connectivity index (χ0n) is 27.0. The van der Waals surface area contributed by atoms with Crippen molar-refractivity contribution in [2.24, 2.45) is 0 Å². The van der Waals surface area contributed by atoms with Crippen LogP contribution in [-0.2, 0) is 9.59 Å². The topological polar surface area (TPSA) is 99.2 Å². The molecule has 0 saturated carbocycles. The summed E-state index contributed by atoms with van der Waals surface area (Å²) in [6, 6.07) is 7.04. The summed E-state index contributed by atoms with van der Waals surface area (Å²) in [4.78, 5) is 31.8. The fourth-order valence-electron chi connectivity index (χ4n) is 5.35. The first-order valence-electron chi connectivity index (χ1n) is 14.6. The van der Waals surface area contributed by atoms with E-state index in [-0.39, 0.29) is 17.9 Å². The normalized spacial score (nSPS) is 14.9. The number of ether oxygens (including phenoxy) is 6. The van der Waals surface area contributed by atoms with Gasteiger partial charge in [0.15, 0.2) is 23.0 Å². The maximum Gasteiger partial charge on any atom is 0.247 e. The molecule has 2 aliphatic rings. The van der Waals surface area contributed by atoms with Gasteiger partial charge in [0.1, 0.15) is 0 Å². The van der Waals surface area contributed by atoms with E-state index in [1.165, 1.54) is 26.4 Å². The molecule has 11 heteroatoms. The number of hydrogen-bond acceptors (Lipinski definition) is 9. The van der Waals surface area contributed by atoms with Gasteiger partial charge in [0.2, 0.25) is 23.3 Å². The fourth-order valence-corrected chi connectivity index (χ4v) is 5.35. The molecule has 242 valence electrons. The van der Waals surface area contributed by atoms with Crippen LogP contribution in [0.3, 0.4) is 0 Å². The number of amides is 2. The van der Waals surface area contributed by atoms with Crippen molar-refractivity contribution in [3.63, 3.8) is 0 Å². The SMILES string of the molecule is COc1cc(C#C/C=C/C(=O)N2CCN3CCN(C(=O)/C=C/C#Cc4cc(OC)c(OC)c(OC)c4)CC3C2)cc(OC)c1OC. The average molecular weight is 630 g/mol. The second-order valence-electron chi connectivity index (χ2n) is 10.3. The molecule has 0 spiro atoms. The molecule has 4 rings (SSSR count). The molecule has 2 fully saturated rings. The number of allylic oxidation sites excluding steroid dienone is 2. The Kier molecular flexibility index (Phi) is 11.8. The molecule has 2 saturated heterocycles. The molecule has 0 aromatic heterocycles. The van der Waals surface area contributed by atoms with Crippen molar-refractivity contribution < 1.29 is 38.0 Å². The zero-order chi connectivity index (χ0) is 33.1. The van der Waals surface area contributed by atoms with E-state index < -0.39 is 0 Å². The molecule has 0 atom stereocenters. The minimum Gasteiger partial charge on any atom is -0.493 e. The number of benzene rings is 2. The number of rotatable bonds is 8. The van der Waals surface area contributed by atoms with Crippen LogP contribution in [0.2, 0.25) is 0 Å². The smallest absolute Gasteiger partial charge is 0.247 e. The second-order valence-corrected chi connectivity index (χ2v) is 10.3.